The summed E-state index contributed by atoms with van der Waals surface area (Å²) < 4.78 is 12.5. The van der Waals surface area contributed by atoms with Gasteiger partial charge in [-0.1, -0.05) is 106 Å². The molecule has 0 bridgehead atoms. The lowest BCUT2D eigenvalue weighted by molar-refractivity contribution is 0.292. The van der Waals surface area contributed by atoms with Crippen molar-refractivity contribution in [1.82, 2.24) is 15.0 Å². The number of nitrogens with zero attached hydrogens (tertiary/aromatic N) is 3. The molecule has 0 radical (unpaired) electrons. The molecular formula is C38H49N3O2. The Morgan fingerprint density at radius 2 is 1.33 bits per heavy atom. The van der Waals surface area contributed by atoms with E-state index in [1.807, 2.05) is 18.2 Å². The Kier molecular flexibility index (Phi) is 12.1. The summed E-state index contributed by atoms with van der Waals surface area (Å²) in [5.74, 6) is 3.52. The van der Waals surface area contributed by atoms with Crippen molar-refractivity contribution >= 4 is 5.57 Å². The van der Waals surface area contributed by atoms with E-state index in [0.717, 1.165) is 59.4 Å². The SMILES string of the molecule is CCCCCCCCOc1ccc(-c2nc(C3=C(C)CC=C(C)C=C3)nc(-c3ccc(C)cc3C)n2)c(OCCCC)c1. The number of rotatable bonds is 15. The first-order valence-electron chi connectivity index (χ1n) is 16.2. The monoisotopic (exact) mass is 579 g/mol. The number of hydrogen-bond acceptors (Lipinski definition) is 5. The van der Waals surface area contributed by atoms with Gasteiger partial charge in [-0.15, -0.1) is 0 Å². The molecular weight excluding hydrogens is 530 g/mol. The second-order valence-corrected chi connectivity index (χ2v) is 11.8. The smallest absolute Gasteiger partial charge is 0.167 e. The molecule has 43 heavy (non-hydrogen) atoms. The van der Waals surface area contributed by atoms with Gasteiger partial charge in [-0.3, -0.25) is 0 Å². The van der Waals surface area contributed by atoms with Crippen molar-refractivity contribution in [1.29, 1.82) is 0 Å². The maximum atomic E-state index is 6.36. The Morgan fingerprint density at radius 3 is 2.09 bits per heavy atom. The van der Waals surface area contributed by atoms with E-state index in [0.29, 0.717) is 30.7 Å². The lowest BCUT2D eigenvalue weighted by Gasteiger charge is -2.16. The van der Waals surface area contributed by atoms with Crippen LogP contribution in [0.2, 0.25) is 0 Å². The van der Waals surface area contributed by atoms with Crippen LogP contribution in [-0.2, 0) is 0 Å². The molecule has 0 saturated carbocycles. The number of aromatic nitrogens is 3. The Bertz CT molecular complexity index is 1470. The largest absolute Gasteiger partial charge is 0.493 e. The molecule has 4 rings (SSSR count). The van der Waals surface area contributed by atoms with Gasteiger partial charge in [0.2, 0.25) is 0 Å². The van der Waals surface area contributed by atoms with E-state index in [4.69, 9.17) is 24.4 Å². The fourth-order valence-corrected chi connectivity index (χ4v) is 5.21. The molecule has 1 aliphatic rings. The summed E-state index contributed by atoms with van der Waals surface area (Å²) in [6.45, 7) is 14.3. The highest BCUT2D eigenvalue weighted by molar-refractivity contribution is 5.77. The minimum absolute atomic E-state index is 0.608. The maximum Gasteiger partial charge on any atom is 0.167 e. The summed E-state index contributed by atoms with van der Waals surface area (Å²) >= 11 is 0. The van der Waals surface area contributed by atoms with Crippen LogP contribution in [0.15, 0.2) is 65.8 Å². The predicted molar refractivity (Wildman–Crippen MR) is 180 cm³/mol. The maximum absolute atomic E-state index is 6.36. The van der Waals surface area contributed by atoms with Crippen LogP contribution in [-0.4, -0.2) is 28.2 Å². The summed E-state index contributed by atoms with van der Waals surface area (Å²) in [6.07, 6.45) is 16.8. The molecule has 1 aromatic heterocycles. The van der Waals surface area contributed by atoms with Gasteiger partial charge in [-0.25, -0.2) is 15.0 Å². The van der Waals surface area contributed by atoms with Crippen LogP contribution in [0.5, 0.6) is 11.5 Å². The fraction of sp³-hybridized carbons (Fsp3) is 0.447. The number of aryl methyl sites for hydroxylation is 2. The molecule has 0 fully saturated rings. The second kappa shape index (κ2) is 16.2. The van der Waals surface area contributed by atoms with Gasteiger partial charge in [0.15, 0.2) is 17.5 Å². The van der Waals surface area contributed by atoms with Crippen molar-refractivity contribution in [3.63, 3.8) is 0 Å². The molecule has 2 aromatic carbocycles. The van der Waals surface area contributed by atoms with E-state index < -0.39 is 0 Å². The molecule has 1 aliphatic carbocycles. The van der Waals surface area contributed by atoms with Gasteiger partial charge in [0.1, 0.15) is 11.5 Å². The summed E-state index contributed by atoms with van der Waals surface area (Å²) in [6, 6.07) is 12.5. The zero-order chi connectivity index (χ0) is 30.6. The predicted octanol–water partition coefficient (Wildman–Crippen LogP) is 10.4. The molecule has 0 amide bonds. The summed E-state index contributed by atoms with van der Waals surface area (Å²) in [7, 11) is 0. The van der Waals surface area contributed by atoms with Gasteiger partial charge in [0, 0.05) is 17.2 Å². The zero-order valence-corrected chi connectivity index (χ0v) is 27.1. The van der Waals surface area contributed by atoms with Crippen molar-refractivity contribution in [3.8, 4) is 34.3 Å². The van der Waals surface area contributed by atoms with Crippen LogP contribution in [0.4, 0.5) is 0 Å². The molecule has 0 aliphatic heterocycles. The molecule has 1 heterocycles. The topological polar surface area (TPSA) is 57.1 Å². The summed E-state index contributed by atoms with van der Waals surface area (Å²) in [5, 5.41) is 0. The van der Waals surface area contributed by atoms with Crippen LogP contribution in [0.1, 0.15) is 102 Å². The van der Waals surface area contributed by atoms with Gasteiger partial charge in [0.05, 0.1) is 18.8 Å². The average Bonchev–Trinajstić information content (AvgIpc) is 3.16. The molecule has 0 unspecified atom stereocenters. The van der Waals surface area contributed by atoms with Crippen molar-refractivity contribution in [2.24, 2.45) is 0 Å². The minimum Gasteiger partial charge on any atom is -0.493 e. The molecule has 0 N–H and O–H groups in total. The normalized spacial score (nSPS) is 13.2. The van der Waals surface area contributed by atoms with Gasteiger partial charge in [0.25, 0.3) is 0 Å². The standard InChI is InChI=1S/C38H49N3O2/c1-7-9-11-12-13-14-24-42-31-19-22-34(35(26-31)43-23-10-8-2)38-40-36(32-20-16-27(3)15-18-29(32)5)39-37(41-38)33-21-17-28(4)25-30(33)6/h15-17,19-22,25-26H,7-14,18,23-24H2,1-6H3. The Balaban J connectivity index is 1.73. The molecule has 0 saturated heterocycles. The fourth-order valence-electron chi connectivity index (χ4n) is 5.21. The summed E-state index contributed by atoms with van der Waals surface area (Å²) in [4.78, 5) is 15.2. The molecule has 3 aromatic rings. The molecule has 5 heteroatoms. The van der Waals surface area contributed by atoms with Gasteiger partial charge < -0.3 is 9.47 Å². The molecule has 5 nitrogen and oxygen atoms in total. The van der Waals surface area contributed by atoms with Crippen LogP contribution in [0.3, 0.4) is 0 Å². The molecule has 0 spiro atoms. The van der Waals surface area contributed by atoms with E-state index in [9.17, 15) is 0 Å². The highest BCUT2D eigenvalue weighted by atomic mass is 16.5. The third-order valence-corrected chi connectivity index (χ3v) is 7.92. The highest BCUT2D eigenvalue weighted by Gasteiger charge is 2.19. The van der Waals surface area contributed by atoms with Crippen molar-refractivity contribution < 1.29 is 9.47 Å². The molecule has 0 atom stereocenters. The van der Waals surface area contributed by atoms with E-state index in [-0.39, 0.29) is 0 Å². The summed E-state index contributed by atoms with van der Waals surface area (Å²) in [5.41, 5.74) is 7.72. The number of hydrogen-bond donors (Lipinski definition) is 0. The van der Waals surface area contributed by atoms with Crippen LogP contribution >= 0.6 is 0 Å². The van der Waals surface area contributed by atoms with Gasteiger partial charge in [-0.2, -0.15) is 0 Å². The highest BCUT2D eigenvalue weighted by Crippen LogP contribution is 2.35. The quantitative estimate of drug-likeness (QED) is 0.168. The number of benzene rings is 2. The minimum atomic E-state index is 0.608. The van der Waals surface area contributed by atoms with Crippen LogP contribution < -0.4 is 9.47 Å². The van der Waals surface area contributed by atoms with Crippen molar-refractivity contribution in [2.45, 2.75) is 99.3 Å². The Labute approximate surface area is 259 Å². The first kappa shape index (κ1) is 32.2. The second-order valence-electron chi connectivity index (χ2n) is 11.8. The van der Waals surface area contributed by atoms with Crippen LogP contribution in [0, 0.1) is 13.8 Å². The third-order valence-electron chi connectivity index (χ3n) is 7.92. The third kappa shape index (κ3) is 9.13. The van der Waals surface area contributed by atoms with E-state index in [1.54, 1.807) is 0 Å². The van der Waals surface area contributed by atoms with E-state index >= 15 is 0 Å². The zero-order valence-electron chi connectivity index (χ0n) is 27.1. The first-order valence-corrected chi connectivity index (χ1v) is 16.2. The molecule has 228 valence electrons. The number of allylic oxidation sites excluding steroid dienone is 6. The lowest BCUT2D eigenvalue weighted by Crippen LogP contribution is -2.06. The Hall–Kier alpha value is -3.73. The Morgan fingerprint density at radius 1 is 0.651 bits per heavy atom. The average molecular weight is 580 g/mol. The van der Waals surface area contributed by atoms with Crippen LogP contribution in [0.25, 0.3) is 28.3 Å². The lowest BCUT2D eigenvalue weighted by atomic mass is 10.0. The van der Waals surface area contributed by atoms with Gasteiger partial charge in [-0.05, 0) is 64.7 Å². The van der Waals surface area contributed by atoms with E-state index in [2.05, 4.69) is 78.0 Å². The van der Waals surface area contributed by atoms with Gasteiger partial charge >= 0.3 is 0 Å². The van der Waals surface area contributed by atoms with E-state index in [1.165, 1.54) is 48.8 Å². The van der Waals surface area contributed by atoms with Crippen molar-refractivity contribution in [2.75, 3.05) is 13.2 Å². The van der Waals surface area contributed by atoms with Crippen molar-refractivity contribution in [3.05, 3.63) is 82.7 Å². The first-order chi connectivity index (χ1) is 20.9. The number of ether oxygens (including phenoxy) is 2. The number of unbranched alkanes of at least 4 members (excludes halogenated alkanes) is 6.